The minimum Gasteiger partial charge on any atom is -0.349 e. The molecule has 5 nitrogen and oxygen atoms in total. The molecule has 19 heavy (non-hydrogen) atoms. The van der Waals surface area contributed by atoms with E-state index in [1.807, 2.05) is 0 Å². The molecule has 0 aromatic carbocycles. The van der Waals surface area contributed by atoms with Crippen molar-refractivity contribution in [1.82, 2.24) is 20.8 Å². The van der Waals surface area contributed by atoms with Crippen molar-refractivity contribution in [2.75, 3.05) is 13.1 Å². The van der Waals surface area contributed by atoms with Gasteiger partial charge in [0.25, 0.3) is 0 Å². The first kappa shape index (κ1) is 14.4. The molecule has 2 N–H and O–H groups in total. The molecule has 1 aromatic heterocycles. The van der Waals surface area contributed by atoms with Crippen LogP contribution in [0.2, 0.25) is 0 Å². The highest BCUT2D eigenvalue weighted by Gasteiger charge is 2.22. The fourth-order valence-corrected chi connectivity index (χ4v) is 2.85. The van der Waals surface area contributed by atoms with Crippen LogP contribution in [0.1, 0.15) is 43.6 Å². The quantitative estimate of drug-likeness (QED) is 0.880. The van der Waals surface area contributed by atoms with Gasteiger partial charge in [-0.25, -0.2) is 0 Å². The first-order chi connectivity index (χ1) is 8.97. The molecule has 1 aliphatic rings. The molecule has 0 saturated carbocycles. The van der Waals surface area contributed by atoms with Gasteiger partial charge in [0, 0.05) is 12.0 Å². The largest absolute Gasteiger partial charge is 0.349 e. The van der Waals surface area contributed by atoms with Gasteiger partial charge in [-0.15, -0.1) is 10.2 Å². The summed E-state index contributed by atoms with van der Waals surface area (Å²) in [5, 5.41) is 16.4. The summed E-state index contributed by atoms with van der Waals surface area (Å²) in [6.45, 7) is 8.64. The lowest BCUT2D eigenvalue weighted by Crippen LogP contribution is -2.40. The Morgan fingerprint density at radius 3 is 2.84 bits per heavy atom. The zero-order valence-electron chi connectivity index (χ0n) is 11.8. The number of hydrogen-bond donors (Lipinski definition) is 2. The van der Waals surface area contributed by atoms with Crippen molar-refractivity contribution in [3.63, 3.8) is 0 Å². The number of carbonyl (C=O) groups excluding carboxylic acids is 1. The second kappa shape index (κ2) is 5.96. The Kier molecular flexibility index (Phi) is 4.52. The zero-order valence-corrected chi connectivity index (χ0v) is 12.6. The summed E-state index contributed by atoms with van der Waals surface area (Å²) in [5.74, 6) is 0.225. The van der Waals surface area contributed by atoms with Crippen molar-refractivity contribution >= 4 is 17.2 Å². The van der Waals surface area contributed by atoms with E-state index in [-0.39, 0.29) is 17.2 Å². The van der Waals surface area contributed by atoms with E-state index in [0.717, 1.165) is 35.9 Å². The van der Waals surface area contributed by atoms with Crippen LogP contribution in [0.3, 0.4) is 0 Å². The van der Waals surface area contributed by atoms with Crippen LogP contribution in [0.5, 0.6) is 0 Å². The number of nitrogens with one attached hydrogen (secondary N) is 2. The molecular formula is C13H22N4OS. The molecule has 0 bridgehead atoms. The average molecular weight is 282 g/mol. The van der Waals surface area contributed by atoms with Crippen LogP contribution >= 0.6 is 11.3 Å². The summed E-state index contributed by atoms with van der Waals surface area (Å²) in [7, 11) is 0. The molecule has 1 unspecified atom stereocenters. The Hall–Kier alpha value is -1.01. The van der Waals surface area contributed by atoms with Crippen LogP contribution < -0.4 is 10.6 Å². The van der Waals surface area contributed by atoms with E-state index in [9.17, 15) is 4.79 Å². The van der Waals surface area contributed by atoms with Crippen LogP contribution in [-0.4, -0.2) is 29.2 Å². The molecule has 6 heteroatoms. The third-order valence-corrected chi connectivity index (χ3v) is 4.54. The number of hydrogen-bond acceptors (Lipinski definition) is 5. The molecule has 1 aliphatic heterocycles. The predicted molar refractivity (Wildman–Crippen MR) is 76.0 cm³/mol. The van der Waals surface area contributed by atoms with E-state index >= 15 is 0 Å². The highest BCUT2D eigenvalue weighted by Crippen LogP contribution is 2.25. The monoisotopic (exact) mass is 282 g/mol. The van der Waals surface area contributed by atoms with Gasteiger partial charge in [0.1, 0.15) is 10.0 Å². The molecule has 2 rings (SSSR count). The van der Waals surface area contributed by atoms with Crippen LogP contribution in [0, 0.1) is 5.92 Å². The fraction of sp³-hybridized carbons (Fsp3) is 0.769. The van der Waals surface area contributed by atoms with E-state index in [4.69, 9.17) is 0 Å². The molecule has 106 valence electrons. The van der Waals surface area contributed by atoms with Gasteiger partial charge in [0.15, 0.2) is 0 Å². The average Bonchev–Trinajstić information content (AvgIpc) is 2.86. The fourth-order valence-electron chi connectivity index (χ4n) is 2.01. The second-order valence-electron chi connectivity index (χ2n) is 6.01. The third-order valence-electron chi connectivity index (χ3n) is 3.19. The van der Waals surface area contributed by atoms with Crippen LogP contribution in [0.25, 0.3) is 0 Å². The molecule has 1 fully saturated rings. The normalized spacial score (nSPS) is 20.3. The van der Waals surface area contributed by atoms with Gasteiger partial charge in [-0.1, -0.05) is 32.1 Å². The molecular weight excluding hydrogens is 260 g/mol. The summed E-state index contributed by atoms with van der Waals surface area (Å²) >= 11 is 1.58. The maximum atomic E-state index is 12.0. The first-order valence-corrected chi connectivity index (χ1v) is 7.60. The minimum absolute atomic E-state index is 0.0210. The number of amides is 1. The highest BCUT2D eigenvalue weighted by molar-refractivity contribution is 7.11. The molecule has 1 aromatic rings. The Balaban J connectivity index is 1.85. The van der Waals surface area contributed by atoms with Crippen molar-refractivity contribution in [3.05, 3.63) is 10.0 Å². The number of aromatic nitrogens is 2. The van der Waals surface area contributed by atoms with Gasteiger partial charge in [-0.3, -0.25) is 4.79 Å². The van der Waals surface area contributed by atoms with Gasteiger partial charge < -0.3 is 10.6 Å². The van der Waals surface area contributed by atoms with Gasteiger partial charge >= 0.3 is 0 Å². The van der Waals surface area contributed by atoms with Gasteiger partial charge in [0.2, 0.25) is 5.91 Å². The van der Waals surface area contributed by atoms with Crippen molar-refractivity contribution in [2.24, 2.45) is 5.92 Å². The summed E-state index contributed by atoms with van der Waals surface area (Å²) in [6.07, 6.45) is 2.05. The third kappa shape index (κ3) is 3.98. The molecule has 1 amide bonds. The lowest BCUT2D eigenvalue weighted by molar-refractivity contribution is -0.125. The lowest BCUT2D eigenvalue weighted by Gasteiger charge is -2.21. The maximum absolute atomic E-state index is 12.0. The van der Waals surface area contributed by atoms with Gasteiger partial charge in [0.05, 0.1) is 12.5 Å². The summed E-state index contributed by atoms with van der Waals surface area (Å²) < 4.78 is 0. The number of carbonyl (C=O) groups is 1. The summed E-state index contributed by atoms with van der Waals surface area (Å²) in [5.41, 5.74) is 0.0210. The Morgan fingerprint density at radius 1 is 1.47 bits per heavy atom. The van der Waals surface area contributed by atoms with E-state index in [1.165, 1.54) is 0 Å². The van der Waals surface area contributed by atoms with Crippen molar-refractivity contribution in [3.8, 4) is 0 Å². The smallest absolute Gasteiger partial charge is 0.224 e. The minimum atomic E-state index is 0.0210. The maximum Gasteiger partial charge on any atom is 0.224 e. The number of piperidine rings is 1. The van der Waals surface area contributed by atoms with E-state index in [0.29, 0.717) is 6.54 Å². The molecule has 1 saturated heterocycles. The standard InChI is InChI=1S/C13H22N4OS/c1-13(2,3)12-17-16-10(19-12)8-15-11(18)9-5-4-6-14-7-9/h9,14H,4-8H2,1-3H3,(H,15,18). The molecule has 0 radical (unpaired) electrons. The van der Waals surface area contributed by atoms with Gasteiger partial charge in [-0.05, 0) is 19.4 Å². The van der Waals surface area contributed by atoms with Crippen molar-refractivity contribution in [1.29, 1.82) is 0 Å². The predicted octanol–water partition coefficient (Wildman–Crippen LogP) is 1.45. The molecule has 1 atom stereocenters. The molecule has 2 heterocycles. The van der Waals surface area contributed by atoms with E-state index < -0.39 is 0 Å². The molecule has 0 spiro atoms. The van der Waals surface area contributed by atoms with Crippen LogP contribution in [-0.2, 0) is 16.8 Å². The Bertz CT molecular complexity index is 432. The SMILES string of the molecule is CC(C)(C)c1nnc(CNC(=O)C2CCCNC2)s1. The topological polar surface area (TPSA) is 66.9 Å². The lowest BCUT2D eigenvalue weighted by atomic mass is 9.98. The summed E-state index contributed by atoms with van der Waals surface area (Å²) in [4.78, 5) is 12.0. The van der Waals surface area contributed by atoms with Crippen molar-refractivity contribution in [2.45, 2.75) is 45.6 Å². The Morgan fingerprint density at radius 2 is 2.26 bits per heavy atom. The van der Waals surface area contributed by atoms with E-state index in [2.05, 4.69) is 41.6 Å². The van der Waals surface area contributed by atoms with Crippen molar-refractivity contribution < 1.29 is 4.79 Å². The van der Waals surface area contributed by atoms with Crippen LogP contribution in [0.15, 0.2) is 0 Å². The number of nitrogens with zero attached hydrogens (tertiary/aromatic N) is 2. The number of rotatable bonds is 3. The Labute approximate surface area is 118 Å². The second-order valence-corrected chi connectivity index (χ2v) is 7.07. The van der Waals surface area contributed by atoms with E-state index in [1.54, 1.807) is 11.3 Å². The van der Waals surface area contributed by atoms with Crippen LogP contribution in [0.4, 0.5) is 0 Å². The zero-order chi connectivity index (χ0) is 13.9. The van der Waals surface area contributed by atoms with Gasteiger partial charge in [-0.2, -0.15) is 0 Å². The molecule has 0 aliphatic carbocycles. The highest BCUT2D eigenvalue weighted by atomic mass is 32.1. The first-order valence-electron chi connectivity index (χ1n) is 6.78. The summed E-state index contributed by atoms with van der Waals surface area (Å²) in [6, 6.07) is 0.